The molecule has 0 fully saturated rings. The molecule has 0 heterocycles. The molecule has 0 aliphatic carbocycles. The smallest absolute Gasteiger partial charge is 0.306 e. The Balaban J connectivity index is 4.21. The average Bonchev–Trinajstić information content (AvgIpc) is 3.33. The van der Waals surface area contributed by atoms with Gasteiger partial charge in [-0.05, 0) is 109 Å². The second-order valence-corrected chi connectivity index (χ2v) is 17.8. The van der Waals surface area contributed by atoms with E-state index in [1.54, 1.807) is 0 Å². The van der Waals surface area contributed by atoms with E-state index in [2.05, 4.69) is 130 Å². The predicted octanol–water partition coefficient (Wildman–Crippen LogP) is 18.3. The van der Waals surface area contributed by atoms with Crippen molar-refractivity contribution in [3.05, 3.63) is 109 Å². The summed E-state index contributed by atoms with van der Waals surface area (Å²) in [5, 5.41) is 0. The summed E-state index contributed by atoms with van der Waals surface area (Å²) in [6.45, 7) is 6.38. The van der Waals surface area contributed by atoms with Gasteiger partial charge in [-0.1, -0.05) is 220 Å². The predicted molar refractivity (Wildman–Crippen MR) is 288 cm³/mol. The Labute approximate surface area is 412 Å². The molecule has 1 atom stereocenters. The van der Waals surface area contributed by atoms with Crippen LogP contribution >= 0.6 is 0 Å². The van der Waals surface area contributed by atoms with Gasteiger partial charge in [0.25, 0.3) is 0 Å². The van der Waals surface area contributed by atoms with Gasteiger partial charge in [-0.15, -0.1) is 0 Å². The van der Waals surface area contributed by atoms with Gasteiger partial charge in [0, 0.05) is 19.3 Å². The summed E-state index contributed by atoms with van der Waals surface area (Å²) < 4.78 is 16.7. The molecule has 0 aromatic heterocycles. The highest BCUT2D eigenvalue weighted by Crippen LogP contribution is 2.13. The number of allylic oxidation sites excluding steroid dienone is 18. The summed E-state index contributed by atoms with van der Waals surface area (Å²) in [6.07, 6.45) is 74.0. The Kier molecular flexibility index (Phi) is 51.5. The molecule has 0 amide bonds. The molecule has 0 rings (SSSR count). The van der Waals surface area contributed by atoms with Gasteiger partial charge in [-0.3, -0.25) is 14.4 Å². The van der Waals surface area contributed by atoms with Crippen LogP contribution in [0.25, 0.3) is 0 Å². The van der Waals surface area contributed by atoms with Crippen LogP contribution in [0.4, 0.5) is 0 Å². The second-order valence-electron chi connectivity index (χ2n) is 17.8. The van der Waals surface area contributed by atoms with E-state index in [1.165, 1.54) is 51.4 Å². The first kappa shape index (κ1) is 63.1. The van der Waals surface area contributed by atoms with Gasteiger partial charge in [0.1, 0.15) is 13.2 Å². The third-order valence-electron chi connectivity index (χ3n) is 11.3. The lowest BCUT2D eigenvalue weighted by atomic mass is 10.1. The van der Waals surface area contributed by atoms with Crippen LogP contribution in [0.3, 0.4) is 0 Å². The molecule has 380 valence electrons. The third kappa shape index (κ3) is 52.9. The third-order valence-corrected chi connectivity index (χ3v) is 11.3. The molecule has 0 bridgehead atoms. The van der Waals surface area contributed by atoms with Gasteiger partial charge in [0.2, 0.25) is 0 Å². The van der Waals surface area contributed by atoms with Crippen LogP contribution < -0.4 is 0 Å². The van der Waals surface area contributed by atoms with E-state index in [0.717, 1.165) is 148 Å². The van der Waals surface area contributed by atoms with Crippen molar-refractivity contribution in [2.24, 2.45) is 0 Å². The average molecular weight is 929 g/mol. The maximum atomic E-state index is 12.8. The van der Waals surface area contributed by atoms with E-state index in [0.29, 0.717) is 19.3 Å². The largest absolute Gasteiger partial charge is 0.462 e. The number of carbonyl (C=O) groups is 3. The molecule has 0 saturated carbocycles. The van der Waals surface area contributed by atoms with Crippen LogP contribution in [-0.2, 0) is 28.6 Å². The molecule has 1 unspecified atom stereocenters. The van der Waals surface area contributed by atoms with Gasteiger partial charge < -0.3 is 14.2 Å². The first-order valence-electron chi connectivity index (χ1n) is 27.4. The van der Waals surface area contributed by atoms with E-state index in [1.807, 2.05) is 0 Å². The monoisotopic (exact) mass is 929 g/mol. The Morgan fingerprint density at radius 2 is 0.582 bits per heavy atom. The van der Waals surface area contributed by atoms with Crippen molar-refractivity contribution < 1.29 is 28.6 Å². The van der Waals surface area contributed by atoms with Crippen LogP contribution in [0.5, 0.6) is 0 Å². The maximum absolute atomic E-state index is 12.8. The van der Waals surface area contributed by atoms with Gasteiger partial charge >= 0.3 is 17.9 Å². The van der Waals surface area contributed by atoms with E-state index in [4.69, 9.17) is 14.2 Å². The summed E-state index contributed by atoms with van der Waals surface area (Å²) >= 11 is 0. The number of ether oxygens (including phenoxy) is 3. The molecule has 0 aromatic rings. The Morgan fingerprint density at radius 3 is 0.940 bits per heavy atom. The van der Waals surface area contributed by atoms with Gasteiger partial charge in [0.15, 0.2) is 6.10 Å². The minimum atomic E-state index is -0.789. The van der Waals surface area contributed by atoms with E-state index >= 15 is 0 Å². The molecule has 0 aliphatic rings. The summed E-state index contributed by atoms with van der Waals surface area (Å²) in [5.74, 6) is -0.936. The minimum Gasteiger partial charge on any atom is -0.462 e. The zero-order valence-corrected chi connectivity index (χ0v) is 43.4. The number of hydrogen-bond donors (Lipinski definition) is 0. The lowest BCUT2D eigenvalue weighted by Crippen LogP contribution is -2.30. The molecular weight excluding hydrogens is 829 g/mol. The fourth-order valence-electron chi connectivity index (χ4n) is 7.16. The minimum absolute atomic E-state index is 0.0906. The second kappa shape index (κ2) is 54.7. The van der Waals surface area contributed by atoms with Crippen molar-refractivity contribution in [2.75, 3.05) is 13.2 Å². The molecular formula is C61H100O6. The quantitative estimate of drug-likeness (QED) is 0.0262. The van der Waals surface area contributed by atoms with E-state index < -0.39 is 6.10 Å². The van der Waals surface area contributed by atoms with Crippen LogP contribution in [-0.4, -0.2) is 37.2 Å². The van der Waals surface area contributed by atoms with E-state index in [9.17, 15) is 14.4 Å². The molecule has 0 N–H and O–H groups in total. The molecule has 0 spiro atoms. The first-order valence-corrected chi connectivity index (χ1v) is 27.4. The summed E-state index contributed by atoms with van der Waals surface area (Å²) in [6, 6.07) is 0. The Hall–Kier alpha value is -3.93. The summed E-state index contributed by atoms with van der Waals surface area (Å²) in [4.78, 5) is 37.8. The SMILES string of the molecule is CC/C=C\C/C=C\C/C=C\C/C=C\C/C=C\C/C=C\CCCCCCCCC(=O)OCC(COC(=O)CCCCCCC)OC(=O)CCCCCCCC/C=C\C/C=C\C/C=C\CCCCC. The highest BCUT2D eigenvalue weighted by Gasteiger charge is 2.19. The highest BCUT2D eigenvalue weighted by atomic mass is 16.6. The van der Waals surface area contributed by atoms with Gasteiger partial charge in [0.05, 0.1) is 0 Å². The number of carbonyl (C=O) groups excluding carboxylic acids is 3. The maximum Gasteiger partial charge on any atom is 0.306 e. The van der Waals surface area contributed by atoms with E-state index in [-0.39, 0.29) is 31.1 Å². The van der Waals surface area contributed by atoms with Crippen LogP contribution in [0.2, 0.25) is 0 Å². The van der Waals surface area contributed by atoms with Crippen molar-refractivity contribution in [1.29, 1.82) is 0 Å². The topological polar surface area (TPSA) is 78.9 Å². The molecule has 0 radical (unpaired) electrons. The molecule has 0 saturated heterocycles. The number of hydrogen-bond acceptors (Lipinski definition) is 6. The lowest BCUT2D eigenvalue weighted by molar-refractivity contribution is -0.167. The summed E-state index contributed by atoms with van der Waals surface area (Å²) in [7, 11) is 0. The normalized spacial score (nSPS) is 12.9. The van der Waals surface area contributed by atoms with Crippen LogP contribution in [0, 0.1) is 0 Å². The molecule has 6 heteroatoms. The van der Waals surface area contributed by atoms with Gasteiger partial charge in [-0.2, -0.15) is 0 Å². The number of rotatable bonds is 48. The molecule has 67 heavy (non-hydrogen) atoms. The zero-order chi connectivity index (χ0) is 48.6. The van der Waals surface area contributed by atoms with Gasteiger partial charge in [-0.25, -0.2) is 0 Å². The van der Waals surface area contributed by atoms with Crippen molar-refractivity contribution in [3.8, 4) is 0 Å². The van der Waals surface area contributed by atoms with Crippen LogP contribution in [0.1, 0.15) is 239 Å². The lowest BCUT2D eigenvalue weighted by Gasteiger charge is -2.18. The molecule has 0 aliphatic heterocycles. The Bertz CT molecular complexity index is 1390. The fourth-order valence-corrected chi connectivity index (χ4v) is 7.16. The first-order chi connectivity index (χ1) is 33.0. The molecule has 6 nitrogen and oxygen atoms in total. The Morgan fingerprint density at radius 1 is 0.313 bits per heavy atom. The zero-order valence-electron chi connectivity index (χ0n) is 43.4. The summed E-state index contributed by atoms with van der Waals surface area (Å²) in [5.41, 5.74) is 0. The van der Waals surface area contributed by atoms with Crippen molar-refractivity contribution in [1.82, 2.24) is 0 Å². The fraction of sp³-hybridized carbons (Fsp3) is 0.656. The highest BCUT2D eigenvalue weighted by molar-refractivity contribution is 5.71. The standard InChI is InChI=1S/C61H100O6/c1-4-7-10-13-15-17-19-21-23-25-27-28-29-30-31-32-34-35-37-39-41-43-45-48-51-54-60(63)66-57-58(56-65-59(62)53-50-47-12-9-6-3)67-61(64)55-52-49-46-44-42-40-38-36-33-26-24-22-20-18-16-14-11-8-5-2/h7,10,15-18,21-24,27-28,30-31,33-36,58H,4-6,8-9,11-14,19-20,25-26,29,32,37-57H2,1-3H3/b10-7-,17-15-,18-16-,23-21-,24-22-,28-27-,31-30-,35-34-,36-33-. The van der Waals surface area contributed by atoms with Crippen molar-refractivity contribution in [2.45, 2.75) is 245 Å². The van der Waals surface area contributed by atoms with Crippen LogP contribution in [0.15, 0.2) is 109 Å². The van der Waals surface area contributed by atoms with Crippen molar-refractivity contribution in [3.63, 3.8) is 0 Å². The van der Waals surface area contributed by atoms with Crippen molar-refractivity contribution >= 4 is 17.9 Å². The number of unbranched alkanes of at least 4 members (excludes halogenated alkanes) is 19. The molecule has 0 aromatic carbocycles. The number of esters is 3.